The first-order chi connectivity index (χ1) is 16.2. The second-order valence-electron chi connectivity index (χ2n) is 10.8. The van der Waals surface area contributed by atoms with Gasteiger partial charge in [-0.15, -0.1) is 0 Å². The largest absolute Gasteiger partial charge is 0.351 e. The molecule has 5 atom stereocenters. The van der Waals surface area contributed by atoms with E-state index in [-0.39, 0.29) is 46.5 Å². The molecule has 0 spiro atoms. The van der Waals surface area contributed by atoms with Gasteiger partial charge in [-0.1, -0.05) is 39.0 Å². The Labute approximate surface area is 199 Å². The SMILES string of the molecule is CCC(=O)C(CC1CCCC1=O)NC(=O)C1C2C(CN1C(=O)c1cc3ccccc3[nH]1)C2(C)C. The average molecular weight is 464 g/mol. The van der Waals surface area contributed by atoms with Crippen LogP contribution >= 0.6 is 0 Å². The maximum absolute atomic E-state index is 13.6. The highest BCUT2D eigenvalue weighted by Crippen LogP contribution is 2.65. The third-order valence-electron chi connectivity index (χ3n) is 8.50. The third-order valence-corrected chi connectivity index (χ3v) is 8.50. The second kappa shape index (κ2) is 8.36. The zero-order valence-electron chi connectivity index (χ0n) is 20.1. The number of nitrogens with one attached hydrogen (secondary N) is 2. The molecule has 3 aliphatic rings. The topological polar surface area (TPSA) is 99.3 Å². The summed E-state index contributed by atoms with van der Waals surface area (Å²) in [4.78, 5) is 56.9. The van der Waals surface area contributed by atoms with Gasteiger partial charge in [-0.2, -0.15) is 0 Å². The van der Waals surface area contributed by atoms with Gasteiger partial charge >= 0.3 is 0 Å². The predicted molar refractivity (Wildman–Crippen MR) is 128 cm³/mol. The monoisotopic (exact) mass is 463 g/mol. The first-order valence-electron chi connectivity index (χ1n) is 12.5. The van der Waals surface area contributed by atoms with Gasteiger partial charge in [-0.25, -0.2) is 0 Å². The summed E-state index contributed by atoms with van der Waals surface area (Å²) in [5.74, 6) is -0.198. The number of carbonyl (C=O) groups is 4. The van der Waals surface area contributed by atoms with E-state index in [0.717, 1.165) is 23.7 Å². The van der Waals surface area contributed by atoms with E-state index in [1.807, 2.05) is 30.3 Å². The van der Waals surface area contributed by atoms with Crippen LogP contribution in [0.3, 0.4) is 0 Å². The first kappa shape index (κ1) is 22.8. The van der Waals surface area contributed by atoms with E-state index in [2.05, 4.69) is 24.1 Å². The number of ketones is 2. The number of aromatic amines is 1. The van der Waals surface area contributed by atoms with Crippen LogP contribution < -0.4 is 5.32 Å². The molecule has 7 heteroatoms. The van der Waals surface area contributed by atoms with Crippen LogP contribution in [0.2, 0.25) is 0 Å². The Kier molecular flexibility index (Phi) is 5.61. The van der Waals surface area contributed by atoms with Crippen molar-refractivity contribution in [3.05, 3.63) is 36.0 Å². The molecular weight excluding hydrogens is 430 g/mol. The van der Waals surface area contributed by atoms with Gasteiger partial charge in [0.2, 0.25) is 5.91 Å². The molecule has 34 heavy (non-hydrogen) atoms. The molecule has 3 fully saturated rings. The van der Waals surface area contributed by atoms with Crippen molar-refractivity contribution in [2.75, 3.05) is 6.54 Å². The fraction of sp³-hybridized carbons (Fsp3) is 0.556. The summed E-state index contributed by atoms with van der Waals surface area (Å²) in [6.07, 6.45) is 2.83. The fourth-order valence-corrected chi connectivity index (χ4v) is 6.33. The number of fused-ring (bicyclic) bond motifs is 2. The van der Waals surface area contributed by atoms with Gasteiger partial charge in [-0.3, -0.25) is 19.2 Å². The molecule has 2 saturated carbocycles. The van der Waals surface area contributed by atoms with E-state index < -0.39 is 12.1 Å². The summed E-state index contributed by atoms with van der Waals surface area (Å²) in [5, 5.41) is 3.92. The summed E-state index contributed by atoms with van der Waals surface area (Å²) in [5.41, 5.74) is 1.33. The van der Waals surface area contributed by atoms with Gasteiger partial charge in [0.05, 0.1) is 6.04 Å². The number of Topliss-reactive ketones (excluding diaryl/α,β-unsaturated/α-hetero) is 2. The molecule has 180 valence electrons. The number of benzene rings is 1. The van der Waals surface area contributed by atoms with E-state index in [1.54, 1.807) is 11.8 Å². The standard InChI is InChI=1S/C27H33N3O4/c1-4-21(31)19(13-16-9-7-11-22(16)32)29-25(33)24-23-17(27(23,2)3)14-30(24)26(34)20-12-15-8-5-6-10-18(15)28-20/h5-6,8,10,12,16-17,19,23-24,28H,4,7,9,11,13-14H2,1-3H3,(H,29,33). The predicted octanol–water partition coefficient (Wildman–Crippen LogP) is 3.49. The summed E-state index contributed by atoms with van der Waals surface area (Å²) in [6.45, 7) is 6.58. The summed E-state index contributed by atoms with van der Waals surface area (Å²) in [6, 6.07) is 8.23. The van der Waals surface area contributed by atoms with Crippen molar-refractivity contribution in [2.24, 2.45) is 23.2 Å². The smallest absolute Gasteiger partial charge is 0.271 e. The molecular formula is C27H33N3O4. The Morgan fingerprint density at radius 3 is 2.68 bits per heavy atom. The molecule has 5 rings (SSSR count). The highest BCUT2D eigenvalue weighted by Gasteiger charge is 2.69. The molecule has 2 heterocycles. The Balaban J connectivity index is 1.38. The van der Waals surface area contributed by atoms with Crippen molar-refractivity contribution in [3.8, 4) is 0 Å². The molecule has 7 nitrogen and oxygen atoms in total. The van der Waals surface area contributed by atoms with Gasteiger partial charge in [0, 0.05) is 36.2 Å². The fourth-order valence-electron chi connectivity index (χ4n) is 6.33. The van der Waals surface area contributed by atoms with Crippen molar-refractivity contribution in [3.63, 3.8) is 0 Å². The van der Waals surface area contributed by atoms with Gasteiger partial charge in [0.25, 0.3) is 5.91 Å². The molecule has 2 aliphatic carbocycles. The van der Waals surface area contributed by atoms with Crippen LogP contribution in [-0.4, -0.2) is 51.9 Å². The number of carbonyl (C=O) groups excluding carboxylic acids is 4. The molecule has 2 N–H and O–H groups in total. The second-order valence-corrected chi connectivity index (χ2v) is 10.8. The number of para-hydroxylation sites is 1. The lowest BCUT2D eigenvalue weighted by Gasteiger charge is -2.31. The number of hydrogen-bond acceptors (Lipinski definition) is 4. The lowest BCUT2D eigenvalue weighted by molar-refractivity contribution is -0.131. The van der Waals surface area contributed by atoms with Crippen LogP contribution in [0.15, 0.2) is 30.3 Å². The lowest BCUT2D eigenvalue weighted by Crippen LogP contribution is -2.54. The van der Waals surface area contributed by atoms with Crippen molar-refractivity contribution in [1.82, 2.24) is 15.2 Å². The van der Waals surface area contributed by atoms with Crippen LogP contribution in [-0.2, 0) is 14.4 Å². The zero-order valence-corrected chi connectivity index (χ0v) is 20.1. The molecule has 1 aromatic heterocycles. The van der Waals surface area contributed by atoms with Crippen LogP contribution in [0.1, 0.15) is 63.4 Å². The highest BCUT2D eigenvalue weighted by molar-refractivity contribution is 6.01. The summed E-state index contributed by atoms with van der Waals surface area (Å²) in [7, 11) is 0. The minimum absolute atomic E-state index is 0.0229. The van der Waals surface area contributed by atoms with E-state index in [9.17, 15) is 19.2 Å². The number of rotatable bonds is 7. The van der Waals surface area contributed by atoms with Crippen molar-refractivity contribution < 1.29 is 19.2 Å². The van der Waals surface area contributed by atoms with Crippen molar-refractivity contribution >= 4 is 34.3 Å². The Morgan fingerprint density at radius 2 is 2.00 bits per heavy atom. The molecule has 1 saturated heterocycles. The molecule has 2 aromatic rings. The molecule has 0 bridgehead atoms. The molecule has 1 aliphatic heterocycles. The van der Waals surface area contributed by atoms with Crippen LogP contribution in [0, 0.1) is 23.2 Å². The van der Waals surface area contributed by atoms with Gasteiger partial charge in [0.1, 0.15) is 17.5 Å². The number of nitrogens with zero attached hydrogens (tertiary/aromatic N) is 1. The number of H-pyrrole nitrogens is 1. The Bertz CT molecular complexity index is 1130. The first-order valence-corrected chi connectivity index (χ1v) is 12.5. The molecule has 5 unspecified atom stereocenters. The Morgan fingerprint density at radius 1 is 1.24 bits per heavy atom. The van der Waals surface area contributed by atoms with Gasteiger partial charge in [0.15, 0.2) is 5.78 Å². The van der Waals surface area contributed by atoms with E-state index in [0.29, 0.717) is 31.5 Å². The minimum atomic E-state index is -0.685. The zero-order chi connectivity index (χ0) is 24.2. The third kappa shape index (κ3) is 3.75. The molecule has 1 aromatic carbocycles. The van der Waals surface area contributed by atoms with Gasteiger partial charge in [-0.05, 0) is 48.6 Å². The lowest BCUT2D eigenvalue weighted by atomic mass is 9.93. The normalized spacial score (nSPS) is 28.1. The van der Waals surface area contributed by atoms with E-state index in [1.165, 1.54) is 0 Å². The van der Waals surface area contributed by atoms with Crippen molar-refractivity contribution in [1.29, 1.82) is 0 Å². The van der Waals surface area contributed by atoms with Crippen LogP contribution in [0.25, 0.3) is 10.9 Å². The average Bonchev–Trinajstić information content (AvgIpc) is 3.33. The maximum atomic E-state index is 13.6. The number of aromatic nitrogens is 1. The number of hydrogen-bond donors (Lipinski definition) is 2. The Hall–Kier alpha value is -2.96. The van der Waals surface area contributed by atoms with E-state index in [4.69, 9.17) is 0 Å². The number of likely N-dealkylation sites (tertiary alicyclic amines) is 1. The summed E-state index contributed by atoms with van der Waals surface area (Å²) >= 11 is 0. The van der Waals surface area contributed by atoms with Crippen LogP contribution in [0.5, 0.6) is 0 Å². The maximum Gasteiger partial charge on any atom is 0.271 e. The quantitative estimate of drug-likeness (QED) is 0.657. The molecule has 2 amide bonds. The molecule has 0 radical (unpaired) electrons. The summed E-state index contributed by atoms with van der Waals surface area (Å²) < 4.78 is 0. The number of amides is 2. The van der Waals surface area contributed by atoms with Crippen molar-refractivity contribution in [2.45, 2.75) is 65.0 Å². The van der Waals surface area contributed by atoms with Gasteiger partial charge < -0.3 is 15.2 Å². The van der Waals surface area contributed by atoms with Crippen LogP contribution in [0.4, 0.5) is 0 Å². The number of piperidine rings is 1. The highest BCUT2D eigenvalue weighted by atomic mass is 16.2. The van der Waals surface area contributed by atoms with E-state index >= 15 is 0 Å². The minimum Gasteiger partial charge on any atom is -0.351 e.